The van der Waals surface area contributed by atoms with Crippen molar-refractivity contribution in [3.8, 4) is 0 Å². The third-order valence-corrected chi connectivity index (χ3v) is 13.1. The van der Waals surface area contributed by atoms with Crippen LogP contribution < -0.4 is 0 Å². The highest BCUT2D eigenvalue weighted by Gasteiger charge is 2.73. The van der Waals surface area contributed by atoms with Crippen LogP contribution in [0, 0.1) is 50.2 Å². The molecule has 0 aromatic rings. The Morgan fingerprint density at radius 1 is 0.917 bits per heavy atom. The van der Waals surface area contributed by atoms with Gasteiger partial charge in [0.2, 0.25) is 0 Å². The molecule has 6 nitrogen and oxygen atoms in total. The van der Waals surface area contributed by atoms with E-state index in [2.05, 4.69) is 40.7 Å². The summed E-state index contributed by atoms with van der Waals surface area (Å²) in [5, 5.41) is 54.5. The van der Waals surface area contributed by atoms with Crippen LogP contribution in [0.15, 0.2) is 11.6 Å². The van der Waals surface area contributed by atoms with Gasteiger partial charge in [0, 0.05) is 17.9 Å². The smallest absolute Gasteiger partial charge is 0.312 e. The molecule has 11 atom stereocenters. The van der Waals surface area contributed by atoms with Crippen molar-refractivity contribution in [1.82, 2.24) is 0 Å². The van der Waals surface area contributed by atoms with Crippen molar-refractivity contribution < 1.29 is 30.3 Å². The largest absolute Gasteiger partial charge is 0.481 e. The number of fused-ring (bicyclic) bond motifs is 7. The lowest BCUT2D eigenvalue weighted by Gasteiger charge is -2.72. The van der Waals surface area contributed by atoms with Crippen molar-refractivity contribution in [2.75, 3.05) is 6.61 Å². The Kier molecular flexibility index (Phi) is 5.77. The van der Waals surface area contributed by atoms with E-state index in [0.29, 0.717) is 12.3 Å². The summed E-state index contributed by atoms with van der Waals surface area (Å²) in [6, 6.07) is 0. The molecular weight excluding hydrogens is 456 g/mol. The van der Waals surface area contributed by atoms with Gasteiger partial charge in [-0.15, -0.1) is 0 Å². The lowest BCUT2D eigenvalue weighted by molar-refractivity contribution is -0.267. The maximum atomic E-state index is 12.6. The molecule has 5 rings (SSSR count). The average Bonchev–Trinajstić information content (AvgIpc) is 2.77. The van der Waals surface area contributed by atoms with Crippen molar-refractivity contribution in [3.63, 3.8) is 0 Å². The van der Waals surface area contributed by atoms with Crippen LogP contribution in [0.4, 0.5) is 0 Å². The summed E-state index contributed by atoms with van der Waals surface area (Å²) in [5.41, 5.74) is -1.13. The molecule has 0 heterocycles. The molecule has 0 amide bonds. The SMILES string of the molecule is CC1(C)CC[C@]2(CO)CC[C@]3(C)C(=CC[C@@H]4[C@@]5(C)C[C@H](O)[C@H](O)C(C)(C(=O)O)C5[C@H](O)C[C@]43C)[C@H]2C1. The van der Waals surface area contributed by atoms with Crippen LogP contribution in [0.5, 0.6) is 0 Å². The van der Waals surface area contributed by atoms with Gasteiger partial charge in [-0.2, -0.15) is 0 Å². The number of allylic oxidation sites excluding steroid dienone is 2. The Bertz CT molecular complexity index is 974. The first kappa shape index (κ1) is 26.6. The zero-order chi connectivity index (χ0) is 26.7. The first-order valence-electron chi connectivity index (χ1n) is 14.1. The number of rotatable bonds is 2. The molecule has 0 aromatic heterocycles. The Morgan fingerprint density at radius 2 is 1.56 bits per heavy atom. The zero-order valence-corrected chi connectivity index (χ0v) is 23.0. The van der Waals surface area contributed by atoms with Gasteiger partial charge in [-0.1, -0.05) is 46.3 Å². The molecule has 0 radical (unpaired) electrons. The zero-order valence-electron chi connectivity index (χ0n) is 23.0. The van der Waals surface area contributed by atoms with Gasteiger partial charge in [0.15, 0.2) is 0 Å². The molecule has 5 aliphatic rings. The number of carboxylic acid groups (broad SMARTS) is 1. The summed E-state index contributed by atoms with van der Waals surface area (Å²) >= 11 is 0. The van der Waals surface area contributed by atoms with E-state index >= 15 is 0 Å². The minimum Gasteiger partial charge on any atom is -0.481 e. The normalized spacial score (nSPS) is 55.9. The van der Waals surface area contributed by atoms with Crippen LogP contribution in [0.3, 0.4) is 0 Å². The minimum absolute atomic E-state index is 0.0726. The number of carbonyl (C=O) groups is 1. The van der Waals surface area contributed by atoms with Crippen LogP contribution >= 0.6 is 0 Å². The number of aliphatic hydroxyl groups is 4. The number of hydrogen-bond donors (Lipinski definition) is 5. The molecule has 5 N–H and O–H groups in total. The molecule has 4 fully saturated rings. The van der Waals surface area contributed by atoms with Gasteiger partial charge in [-0.05, 0) is 91.8 Å². The van der Waals surface area contributed by atoms with E-state index in [1.807, 2.05) is 0 Å². The fourth-order valence-electron chi connectivity index (χ4n) is 10.9. The first-order chi connectivity index (χ1) is 16.5. The van der Waals surface area contributed by atoms with Crippen LogP contribution in [0.1, 0.15) is 92.9 Å². The molecule has 0 saturated heterocycles. The van der Waals surface area contributed by atoms with Crippen molar-refractivity contribution >= 4 is 5.97 Å². The first-order valence-corrected chi connectivity index (χ1v) is 14.1. The van der Waals surface area contributed by atoms with E-state index in [9.17, 15) is 30.3 Å². The Morgan fingerprint density at radius 3 is 2.17 bits per heavy atom. The van der Waals surface area contributed by atoms with E-state index in [-0.39, 0.29) is 40.6 Å². The van der Waals surface area contributed by atoms with Crippen LogP contribution in [-0.4, -0.2) is 56.4 Å². The summed E-state index contributed by atoms with van der Waals surface area (Å²) in [7, 11) is 0. The summed E-state index contributed by atoms with van der Waals surface area (Å²) < 4.78 is 0. The lowest BCUT2D eigenvalue weighted by Crippen LogP contribution is -2.72. The molecule has 6 heteroatoms. The molecule has 0 aliphatic heterocycles. The number of aliphatic carboxylic acids is 1. The third-order valence-electron chi connectivity index (χ3n) is 13.1. The van der Waals surface area contributed by atoms with Gasteiger partial charge in [0.05, 0.1) is 23.7 Å². The second-order valence-electron chi connectivity index (χ2n) is 15.2. The lowest BCUT2D eigenvalue weighted by atomic mass is 9.33. The number of carboxylic acids is 1. The van der Waals surface area contributed by atoms with Crippen molar-refractivity contribution in [2.24, 2.45) is 50.2 Å². The van der Waals surface area contributed by atoms with Crippen LogP contribution in [0.2, 0.25) is 0 Å². The van der Waals surface area contributed by atoms with Gasteiger partial charge in [-0.3, -0.25) is 4.79 Å². The second kappa shape index (κ2) is 7.80. The van der Waals surface area contributed by atoms with E-state index in [4.69, 9.17) is 0 Å². The molecule has 5 aliphatic carbocycles. The average molecular weight is 505 g/mol. The van der Waals surface area contributed by atoms with Gasteiger partial charge >= 0.3 is 5.97 Å². The standard InChI is InChI=1S/C30H48O6/c1-25(2)9-11-30(16-31)12-10-27(4)17(18(30)13-25)7-8-21-26(3)14-20(33)23(34)29(6,24(35)36)22(26)19(32)15-28(21,27)5/h7,18-23,31-34H,8-16H2,1-6H3,(H,35,36)/t18-,19-,20+,21-,22?,23+,26-,27-,28-,29?,30-/m1/s1. The minimum atomic E-state index is -1.62. The van der Waals surface area contributed by atoms with Gasteiger partial charge in [0.1, 0.15) is 0 Å². The Hall–Kier alpha value is -0.950. The highest BCUT2D eigenvalue weighted by molar-refractivity contribution is 5.76. The quantitative estimate of drug-likeness (QED) is 0.361. The van der Waals surface area contributed by atoms with E-state index in [1.165, 1.54) is 12.5 Å². The Balaban J connectivity index is 1.64. The fourth-order valence-corrected chi connectivity index (χ4v) is 10.9. The monoisotopic (exact) mass is 504 g/mol. The maximum absolute atomic E-state index is 12.6. The van der Waals surface area contributed by atoms with Crippen molar-refractivity contribution in [3.05, 3.63) is 11.6 Å². The van der Waals surface area contributed by atoms with Crippen molar-refractivity contribution in [1.29, 1.82) is 0 Å². The van der Waals surface area contributed by atoms with E-state index in [0.717, 1.165) is 38.5 Å². The number of aliphatic hydroxyl groups excluding tert-OH is 4. The van der Waals surface area contributed by atoms with Gasteiger partial charge in [-0.25, -0.2) is 0 Å². The van der Waals surface area contributed by atoms with E-state index in [1.54, 1.807) is 0 Å². The molecule has 0 bridgehead atoms. The van der Waals surface area contributed by atoms with Crippen LogP contribution in [-0.2, 0) is 4.79 Å². The van der Waals surface area contributed by atoms with Gasteiger partial charge in [0.25, 0.3) is 0 Å². The molecule has 36 heavy (non-hydrogen) atoms. The molecule has 2 unspecified atom stereocenters. The highest BCUT2D eigenvalue weighted by atomic mass is 16.4. The topological polar surface area (TPSA) is 118 Å². The summed E-state index contributed by atoms with van der Waals surface area (Å²) in [4.78, 5) is 12.6. The molecule has 4 saturated carbocycles. The Labute approximate surface area is 216 Å². The van der Waals surface area contributed by atoms with Crippen LogP contribution in [0.25, 0.3) is 0 Å². The number of hydrogen-bond acceptors (Lipinski definition) is 5. The maximum Gasteiger partial charge on any atom is 0.312 e. The highest BCUT2D eigenvalue weighted by Crippen LogP contribution is 2.75. The van der Waals surface area contributed by atoms with Gasteiger partial charge < -0.3 is 25.5 Å². The predicted molar refractivity (Wildman–Crippen MR) is 137 cm³/mol. The summed E-state index contributed by atoms with van der Waals surface area (Å²) in [6.45, 7) is 13.1. The molecule has 0 aromatic carbocycles. The second-order valence-corrected chi connectivity index (χ2v) is 15.2. The molecule has 204 valence electrons. The summed E-state index contributed by atoms with van der Waals surface area (Å²) in [6.07, 6.45) is 5.64. The molecule has 0 spiro atoms. The summed E-state index contributed by atoms with van der Waals surface area (Å²) in [5.74, 6) is -1.41. The molecular formula is C30H48O6. The third kappa shape index (κ3) is 3.08. The fraction of sp³-hybridized carbons (Fsp3) is 0.900. The van der Waals surface area contributed by atoms with E-state index < -0.39 is 41.0 Å². The van der Waals surface area contributed by atoms with Crippen molar-refractivity contribution in [2.45, 2.75) is 111 Å². The predicted octanol–water partition coefficient (Wildman–Crippen LogP) is 4.15.